The van der Waals surface area contributed by atoms with Crippen molar-refractivity contribution in [1.29, 1.82) is 0 Å². The molecule has 0 fully saturated rings. The topological polar surface area (TPSA) is 12.4 Å². The Morgan fingerprint density at radius 2 is 1.87 bits per heavy atom. The molecule has 0 saturated carbocycles. The second-order valence-corrected chi connectivity index (χ2v) is 4.22. The van der Waals surface area contributed by atoms with Gasteiger partial charge in [-0.2, -0.15) is 0 Å². The van der Waals surface area contributed by atoms with E-state index in [9.17, 15) is 0 Å². The maximum atomic E-state index is 4.49. The lowest BCUT2D eigenvalue weighted by molar-refractivity contribution is 0.515. The summed E-state index contributed by atoms with van der Waals surface area (Å²) in [5.74, 6) is 0. The Morgan fingerprint density at radius 1 is 1.20 bits per heavy atom. The van der Waals surface area contributed by atoms with Crippen molar-refractivity contribution in [3.05, 3.63) is 36.1 Å². The molecule has 0 aliphatic carbocycles. The van der Waals surface area contributed by atoms with Gasteiger partial charge in [0.25, 0.3) is 0 Å². The van der Waals surface area contributed by atoms with Crippen molar-refractivity contribution in [2.75, 3.05) is 0 Å². The molecule has 0 saturated heterocycles. The first-order chi connectivity index (χ1) is 7.05. The normalized spacial score (nSPS) is 14.9. The summed E-state index contributed by atoms with van der Waals surface area (Å²) in [6.45, 7) is 10.6. The van der Waals surface area contributed by atoms with Crippen molar-refractivity contribution < 1.29 is 0 Å². The van der Waals surface area contributed by atoms with E-state index < -0.39 is 0 Å². The minimum atomic E-state index is 0.177. The van der Waals surface area contributed by atoms with E-state index >= 15 is 0 Å². The van der Waals surface area contributed by atoms with Crippen LogP contribution in [0.2, 0.25) is 0 Å². The van der Waals surface area contributed by atoms with Crippen LogP contribution in [0.4, 0.5) is 0 Å². The van der Waals surface area contributed by atoms with Crippen LogP contribution in [-0.2, 0) is 0 Å². The van der Waals surface area contributed by atoms with Crippen molar-refractivity contribution in [2.24, 2.45) is 10.4 Å². The lowest BCUT2D eigenvalue weighted by atomic mass is 9.92. The molecule has 0 aromatic carbocycles. The predicted molar refractivity (Wildman–Crippen MR) is 70.3 cm³/mol. The van der Waals surface area contributed by atoms with Crippen LogP contribution in [0.3, 0.4) is 0 Å². The van der Waals surface area contributed by atoms with Gasteiger partial charge in [0.15, 0.2) is 0 Å². The molecule has 1 heteroatoms. The van der Waals surface area contributed by atoms with Gasteiger partial charge in [0.2, 0.25) is 0 Å². The molecule has 0 amide bonds. The second kappa shape index (κ2) is 7.22. The minimum absolute atomic E-state index is 0.177. The fourth-order valence-corrected chi connectivity index (χ4v) is 0.848. The highest BCUT2D eigenvalue weighted by Gasteiger charge is 2.10. The molecule has 0 aromatic heterocycles. The third kappa shape index (κ3) is 6.89. The molecule has 1 nitrogen and oxygen atoms in total. The molecule has 0 aliphatic rings. The van der Waals surface area contributed by atoms with Gasteiger partial charge >= 0.3 is 0 Å². The van der Waals surface area contributed by atoms with Crippen LogP contribution in [0.15, 0.2) is 41.1 Å². The van der Waals surface area contributed by atoms with Crippen molar-refractivity contribution in [3.8, 4) is 0 Å². The van der Waals surface area contributed by atoms with Gasteiger partial charge in [0, 0.05) is 6.21 Å². The molecule has 0 rings (SSSR count). The van der Waals surface area contributed by atoms with E-state index in [1.807, 2.05) is 50.4 Å². The molecule has 0 unspecified atom stereocenters. The van der Waals surface area contributed by atoms with E-state index in [0.29, 0.717) is 0 Å². The maximum Gasteiger partial charge on any atom is 0.0622 e. The molecule has 0 N–H and O–H groups in total. The predicted octanol–water partition coefficient (Wildman–Crippen LogP) is 4.53. The summed E-state index contributed by atoms with van der Waals surface area (Å²) in [6.07, 6.45) is 13.2. The van der Waals surface area contributed by atoms with Gasteiger partial charge in [0.05, 0.1) is 5.70 Å². The maximum absolute atomic E-state index is 4.49. The summed E-state index contributed by atoms with van der Waals surface area (Å²) < 4.78 is 0. The van der Waals surface area contributed by atoms with Gasteiger partial charge in [-0.25, -0.2) is 0 Å². The number of nitrogens with zero attached hydrogens (tertiary/aromatic N) is 1. The number of rotatable bonds is 5. The number of aliphatic imine (C=N–C) groups is 1. The molecule has 0 bridgehead atoms. The van der Waals surface area contributed by atoms with Gasteiger partial charge in [-0.15, -0.1) is 0 Å². The van der Waals surface area contributed by atoms with Gasteiger partial charge in [0.1, 0.15) is 0 Å². The highest BCUT2D eigenvalue weighted by molar-refractivity contribution is 5.66. The fourth-order valence-electron chi connectivity index (χ4n) is 0.848. The van der Waals surface area contributed by atoms with E-state index in [1.54, 1.807) is 0 Å². The van der Waals surface area contributed by atoms with Crippen LogP contribution in [0, 0.1) is 5.41 Å². The van der Waals surface area contributed by atoms with E-state index in [4.69, 9.17) is 0 Å². The van der Waals surface area contributed by atoms with Crippen LogP contribution in [0.5, 0.6) is 0 Å². The molecule has 0 atom stereocenters. The SMILES string of the molecule is C\C=C/C=C(\C=C/C)N=CC(C)(C)CC. The van der Waals surface area contributed by atoms with E-state index in [-0.39, 0.29) is 5.41 Å². The van der Waals surface area contributed by atoms with E-state index in [2.05, 4.69) is 25.8 Å². The largest absolute Gasteiger partial charge is 0.261 e. The zero-order chi connectivity index (χ0) is 11.7. The molecule has 84 valence electrons. The summed E-state index contributed by atoms with van der Waals surface area (Å²) in [7, 11) is 0. The quantitative estimate of drug-likeness (QED) is 0.462. The smallest absolute Gasteiger partial charge is 0.0622 e. The summed E-state index contributed by atoms with van der Waals surface area (Å²) >= 11 is 0. The molecule has 15 heavy (non-hydrogen) atoms. The summed E-state index contributed by atoms with van der Waals surface area (Å²) in [6, 6.07) is 0. The van der Waals surface area contributed by atoms with Gasteiger partial charge in [-0.3, -0.25) is 4.99 Å². The number of hydrogen-bond donors (Lipinski definition) is 0. The third-order valence-corrected chi connectivity index (χ3v) is 2.27. The van der Waals surface area contributed by atoms with E-state index in [0.717, 1.165) is 12.1 Å². The average Bonchev–Trinajstić information content (AvgIpc) is 2.22. The van der Waals surface area contributed by atoms with Crippen molar-refractivity contribution >= 4 is 6.21 Å². The first kappa shape index (κ1) is 13.9. The summed E-state index contributed by atoms with van der Waals surface area (Å²) in [5, 5.41) is 0. The second-order valence-electron chi connectivity index (χ2n) is 4.22. The first-order valence-electron chi connectivity index (χ1n) is 5.56. The Labute approximate surface area is 94.3 Å². The van der Waals surface area contributed by atoms with Gasteiger partial charge in [-0.1, -0.05) is 39.0 Å². The first-order valence-corrected chi connectivity index (χ1v) is 5.56. The van der Waals surface area contributed by atoms with E-state index in [1.165, 1.54) is 0 Å². The van der Waals surface area contributed by atoms with Crippen molar-refractivity contribution in [3.63, 3.8) is 0 Å². The molecule has 0 heterocycles. The molecule has 0 aromatic rings. The third-order valence-electron chi connectivity index (χ3n) is 2.27. The Kier molecular flexibility index (Phi) is 6.68. The van der Waals surface area contributed by atoms with Crippen LogP contribution in [0.1, 0.15) is 41.0 Å². The Balaban J connectivity index is 4.69. The van der Waals surface area contributed by atoms with Crippen LogP contribution < -0.4 is 0 Å². The average molecular weight is 205 g/mol. The zero-order valence-electron chi connectivity index (χ0n) is 10.6. The zero-order valence-corrected chi connectivity index (χ0v) is 10.6. The van der Waals surface area contributed by atoms with Gasteiger partial charge < -0.3 is 0 Å². The minimum Gasteiger partial charge on any atom is -0.261 e. The fraction of sp³-hybridized carbons (Fsp3) is 0.500. The lowest BCUT2D eigenvalue weighted by Gasteiger charge is -2.15. The van der Waals surface area contributed by atoms with Crippen LogP contribution in [0.25, 0.3) is 0 Å². The Hall–Kier alpha value is -1.11. The summed E-state index contributed by atoms with van der Waals surface area (Å²) in [4.78, 5) is 4.49. The van der Waals surface area contributed by atoms with Crippen LogP contribution in [-0.4, -0.2) is 6.21 Å². The molecule has 0 spiro atoms. The van der Waals surface area contributed by atoms with Crippen LogP contribution >= 0.6 is 0 Å². The van der Waals surface area contributed by atoms with Crippen molar-refractivity contribution in [1.82, 2.24) is 0 Å². The molecular formula is C14H23N. The Bertz CT molecular complexity index is 278. The Morgan fingerprint density at radius 3 is 2.33 bits per heavy atom. The number of allylic oxidation sites excluding steroid dienone is 5. The highest BCUT2D eigenvalue weighted by atomic mass is 14.7. The summed E-state index contributed by atoms with van der Waals surface area (Å²) in [5.41, 5.74) is 1.17. The molecule has 0 radical (unpaired) electrons. The van der Waals surface area contributed by atoms with Gasteiger partial charge in [-0.05, 0) is 37.8 Å². The monoisotopic (exact) mass is 205 g/mol. The number of hydrogen-bond acceptors (Lipinski definition) is 1. The standard InChI is InChI=1S/C14H23N/c1-6-9-11-13(10-7-2)15-12-14(4,5)8-3/h6-7,9-12H,8H2,1-5H3/b9-6-,10-7-,13-11+,15-12?. The lowest BCUT2D eigenvalue weighted by Crippen LogP contribution is -2.10. The van der Waals surface area contributed by atoms with Crippen molar-refractivity contribution in [2.45, 2.75) is 41.0 Å². The molecule has 0 aliphatic heterocycles. The highest BCUT2D eigenvalue weighted by Crippen LogP contribution is 2.17. The molecular weight excluding hydrogens is 182 g/mol.